The van der Waals surface area contributed by atoms with E-state index in [9.17, 15) is 4.79 Å². The first-order chi connectivity index (χ1) is 17.3. The van der Waals surface area contributed by atoms with Gasteiger partial charge in [0.2, 0.25) is 0 Å². The number of carbonyl (C=O) groups excluding carboxylic acids is 1. The number of methoxy groups -OCH3 is 2. The lowest BCUT2D eigenvalue weighted by Gasteiger charge is -2.13. The normalized spacial score (nSPS) is 10.6. The lowest BCUT2D eigenvalue weighted by Crippen LogP contribution is -2.24. The molecule has 0 aliphatic rings. The van der Waals surface area contributed by atoms with Gasteiger partial charge in [0.1, 0.15) is 5.75 Å². The average Bonchev–Trinajstić information content (AvgIpc) is 2.86. The fourth-order valence-electron chi connectivity index (χ4n) is 3.17. The molecule has 10 heteroatoms. The summed E-state index contributed by atoms with van der Waals surface area (Å²) in [5, 5.41) is 10.9. The molecule has 3 aromatic rings. The Labute approximate surface area is 220 Å². The number of nitrogens with one attached hydrogen (secondary N) is 3. The van der Waals surface area contributed by atoms with E-state index in [2.05, 4.69) is 21.2 Å². The first-order valence-electron chi connectivity index (χ1n) is 10.9. The maximum absolute atomic E-state index is 12.4. The van der Waals surface area contributed by atoms with Crippen LogP contribution in [-0.2, 0) is 4.79 Å². The second-order valence-corrected chi connectivity index (χ2v) is 8.58. The lowest BCUT2D eigenvalue weighted by atomic mass is 10.1. The topological polar surface area (TPSA) is 93.2 Å². The van der Waals surface area contributed by atoms with Crippen LogP contribution in [0.2, 0.25) is 5.02 Å². The summed E-state index contributed by atoms with van der Waals surface area (Å²) in [5.74, 6) is 0.951. The molecule has 0 saturated heterocycles. The minimum Gasteiger partial charge on any atom is -0.495 e. The minimum atomic E-state index is -0.364. The van der Waals surface area contributed by atoms with Crippen LogP contribution in [0.5, 0.6) is 17.2 Å². The summed E-state index contributed by atoms with van der Waals surface area (Å²) in [6.07, 6.45) is 1.60. The standard InChI is InChI=1S/C26H27ClN4O4S/c1-16-5-6-17(2)21(11-16)30-26(36)31-28-14-18-7-10-22(24(12-18)34-4)35-15-25(32)29-20-9-8-19(27)13-23(20)33-3/h5-14H,15H2,1-4H3,(H,29,32)(H2,30,31,36)/b28-14-. The fourth-order valence-corrected chi connectivity index (χ4v) is 3.49. The van der Waals surface area contributed by atoms with Gasteiger partial charge in [0.05, 0.1) is 26.1 Å². The van der Waals surface area contributed by atoms with Gasteiger partial charge in [0, 0.05) is 16.8 Å². The summed E-state index contributed by atoms with van der Waals surface area (Å²) in [6.45, 7) is 3.79. The monoisotopic (exact) mass is 526 g/mol. The molecule has 0 aliphatic heterocycles. The zero-order valence-electron chi connectivity index (χ0n) is 20.3. The average molecular weight is 527 g/mol. The Balaban J connectivity index is 1.56. The number of hydrogen-bond acceptors (Lipinski definition) is 6. The van der Waals surface area contributed by atoms with Crippen LogP contribution in [0, 0.1) is 13.8 Å². The van der Waals surface area contributed by atoms with Gasteiger partial charge in [-0.2, -0.15) is 5.10 Å². The SMILES string of the molecule is COc1cc(Cl)ccc1NC(=O)COc1ccc(/C=N\NC(=S)Nc2cc(C)ccc2C)cc1OC. The summed E-state index contributed by atoms with van der Waals surface area (Å²) in [4.78, 5) is 12.4. The number of hydrazone groups is 1. The number of carbonyl (C=O) groups is 1. The molecular formula is C26H27ClN4O4S. The number of anilines is 2. The van der Waals surface area contributed by atoms with Crippen molar-refractivity contribution < 1.29 is 19.0 Å². The molecule has 0 aromatic heterocycles. The molecule has 0 aliphatic carbocycles. The van der Waals surface area contributed by atoms with E-state index < -0.39 is 0 Å². The maximum atomic E-state index is 12.4. The highest BCUT2D eigenvalue weighted by atomic mass is 35.5. The Morgan fingerprint density at radius 1 is 0.944 bits per heavy atom. The highest BCUT2D eigenvalue weighted by Crippen LogP contribution is 2.29. The van der Waals surface area contributed by atoms with Crippen LogP contribution < -0.4 is 30.3 Å². The number of benzene rings is 3. The largest absolute Gasteiger partial charge is 0.495 e. The molecule has 3 N–H and O–H groups in total. The number of thiocarbonyl (C=S) groups is 1. The molecule has 0 unspecified atom stereocenters. The van der Waals surface area contributed by atoms with E-state index in [1.807, 2.05) is 32.0 Å². The van der Waals surface area contributed by atoms with Crippen molar-refractivity contribution in [2.24, 2.45) is 5.10 Å². The van der Waals surface area contributed by atoms with Gasteiger partial charge >= 0.3 is 0 Å². The number of aryl methyl sites for hydroxylation is 2. The van der Waals surface area contributed by atoms with Crippen molar-refractivity contribution in [1.82, 2.24) is 5.43 Å². The van der Waals surface area contributed by atoms with Crippen molar-refractivity contribution in [2.45, 2.75) is 13.8 Å². The number of halogens is 1. The van der Waals surface area contributed by atoms with Gasteiger partial charge < -0.3 is 24.8 Å². The Bertz CT molecular complexity index is 1280. The van der Waals surface area contributed by atoms with Crippen molar-refractivity contribution in [2.75, 3.05) is 31.5 Å². The van der Waals surface area contributed by atoms with Crippen molar-refractivity contribution in [3.8, 4) is 17.2 Å². The molecule has 188 valence electrons. The highest BCUT2D eigenvalue weighted by Gasteiger charge is 2.11. The maximum Gasteiger partial charge on any atom is 0.262 e. The Kier molecular flexibility index (Phi) is 9.49. The number of ether oxygens (including phenoxy) is 3. The lowest BCUT2D eigenvalue weighted by molar-refractivity contribution is -0.118. The van der Waals surface area contributed by atoms with E-state index in [0.29, 0.717) is 33.1 Å². The first-order valence-corrected chi connectivity index (χ1v) is 11.7. The van der Waals surface area contributed by atoms with Crippen molar-refractivity contribution in [3.05, 3.63) is 76.3 Å². The second-order valence-electron chi connectivity index (χ2n) is 7.73. The smallest absolute Gasteiger partial charge is 0.262 e. The summed E-state index contributed by atoms with van der Waals surface area (Å²) >= 11 is 11.3. The van der Waals surface area contributed by atoms with Crippen molar-refractivity contribution in [3.63, 3.8) is 0 Å². The Morgan fingerprint density at radius 3 is 2.47 bits per heavy atom. The molecule has 36 heavy (non-hydrogen) atoms. The van der Waals surface area contributed by atoms with Crippen molar-refractivity contribution in [1.29, 1.82) is 0 Å². The van der Waals surface area contributed by atoms with E-state index in [0.717, 1.165) is 22.4 Å². The van der Waals surface area contributed by atoms with Crippen LogP contribution in [0.15, 0.2) is 59.7 Å². The van der Waals surface area contributed by atoms with Crippen LogP contribution in [-0.4, -0.2) is 38.1 Å². The molecular weight excluding hydrogens is 500 g/mol. The number of nitrogens with zero attached hydrogens (tertiary/aromatic N) is 1. The summed E-state index contributed by atoms with van der Waals surface area (Å²) in [7, 11) is 3.02. The van der Waals surface area contributed by atoms with Gasteiger partial charge in [-0.25, -0.2) is 0 Å². The number of rotatable bonds is 9. The van der Waals surface area contributed by atoms with Crippen LogP contribution >= 0.6 is 23.8 Å². The summed E-state index contributed by atoms with van der Waals surface area (Å²) < 4.78 is 16.3. The van der Waals surface area contributed by atoms with E-state index >= 15 is 0 Å². The van der Waals surface area contributed by atoms with Crippen LogP contribution in [0.3, 0.4) is 0 Å². The quantitative estimate of drug-likeness (QED) is 0.197. The van der Waals surface area contributed by atoms with Crippen LogP contribution in [0.4, 0.5) is 11.4 Å². The molecule has 8 nitrogen and oxygen atoms in total. The molecule has 0 saturated carbocycles. The Hall–Kier alpha value is -3.82. The van der Waals surface area contributed by atoms with Gasteiger partial charge in [-0.05, 0) is 79.2 Å². The predicted molar refractivity (Wildman–Crippen MR) is 148 cm³/mol. The van der Waals surface area contributed by atoms with Gasteiger partial charge in [-0.3, -0.25) is 10.2 Å². The molecule has 0 fully saturated rings. The summed E-state index contributed by atoms with van der Waals surface area (Å²) in [5.41, 5.74) is 7.17. The second kappa shape index (κ2) is 12.8. The van der Waals surface area contributed by atoms with Gasteiger partial charge in [-0.1, -0.05) is 23.7 Å². The van der Waals surface area contributed by atoms with Crippen molar-refractivity contribution >= 4 is 52.4 Å². The molecule has 0 heterocycles. The van der Waals surface area contributed by atoms with E-state index in [1.165, 1.54) is 14.2 Å². The minimum absolute atomic E-state index is 0.227. The number of hydrogen-bond donors (Lipinski definition) is 3. The predicted octanol–water partition coefficient (Wildman–Crippen LogP) is 5.31. The first kappa shape index (κ1) is 26.8. The molecule has 0 radical (unpaired) electrons. The molecule has 0 bridgehead atoms. The van der Waals surface area contributed by atoms with Gasteiger partial charge in [0.15, 0.2) is 23.2 Å². The van der Waals surface area contributed by atoms with Gasteiger partial charge in [-0.15, -0.1) is 0 Å². The highest BCUT2D eigenvalue weighted by molar-refractivity contribution is 7.80. The molecule has 3 rings (SSSR count). The zero-order chi connectivity index (χ0) is 26.1. The third-order valence-corrected chi connectivity index (χ3v) is 5.43. The van der Waals surface area contributed by atoms with E-state index in [-0.39, 0.29) is 12.5 Å². The fraction of sp³-hybridized carbons (Fsp3) is 0.192. The molecule has 0 atom stereocenters. The molecule has 1 amide bonds. The third-order valence-electron chi connectivity index (χ3n) is 5.01. The van der Waals surface area contributed by atoms with E-state index in [1.54, 1.807) is 42.6 Å². The Morgan fingerprint density at radius 2 is 1.72 bits per heavy atom. The number of amides is 1. The summed E-state index contributed by atoms with van der Waals surface area (Å²) in [6, 6.07) is 16.2. The van der Waals surface area contributed by atoms with Gasteiger partial charge in [0.25, 0.3) is 5.91 Å². The molecule has 3 aromatic carbocycles. The third kappa shape index (κ3) is 7.59. The van der Waals surface area contributed by atoms with Crippen LogP contribution in [0.1, 0.15) is 16.7 Å². The molecule has 0 spiro atoms. The van der Waals surface area contributed by atoms with Crippen LogP contribution in [0.25, 0.3) is 0 Å². The van der Waals surface area contributed by atoms with E-state index in [4.69, 9.17) is 38.0 Å². The zero-order valence-corrected chi connectivity index (χ0v) is 21.9.